The third kappa shape index (κ3) is 5.86. The van der Waals surface area contributed by atoms with Crippen molar-refractivity contribution < 1.29 is 9.53 Å². The van der Waals surface area contributed by atoms with E-state index in [1.807, 2.05) is 43.0 Å². The van der Waals surface area contributed by atoms with E-state index in [9.17, 15) is 4.79 Å². The molecule has 1 saturated carbocycles. The van der Waals surface area contributed by atoms with Gasteiger partial charge >= 0.3 is 0 Å². The molecule has 28 heavy (non-hydrogen) atoms. The summed E-state index contributed by atoms with van der Waals surface area (Å²) >= 11 is 0. The molecule has 1 aliphatic carbocycles. The predicted molar refractivity (Wildman–Crippen MR) is 113 cm³/mol. The molecule has 0 atom stereocenters. The molecule has 1 amide bonds. The summed E-state index contributed by atoms with van der Waals surface area (Å²) in [6.45, 7) is 9.00. The van der Waals surface area contributed by atoms with Crippen molar-refractivity contribution >= 4 is 17.6 Å². The van der Waals surface area contributed by atoms with Gasteiger partial charge in [0, 0.05) is 44.3 Å². The molecule has 154 valence electrons. The molecule has 7 nitrogen and oxygen atoms in total. The first-order chi connectivity index (χ1) is 13.5. The molecule has 1 aliphatic heterocycles. The van der Waals surface area contributed by atoms with Gasteiger partial charge in [0.25, 0.3) is 0 Å². The van der Waals surface area contributed by atoms with Crippen LogP contribution in [0.3, 0.4) is 0 Å². The van der Waals surface area contributed by atoms with Crippen LogP contribution in [0.25, 0.3) is 0 Å². The van der Waals surface area contributed by atoms with Crippen molar-refractivity contribution in [2.45, 2.75) is 39.2 Å². The van der Waals surface area contributed by atoms with Crippen molar-refractivity contribution in [1.29, 1.82) is 0 Å². The lowest BCUT2D eigenvalue weighted by Crippen LogP contribution is -2.51. The monoisotopic (exact) mass is 387 g/mol. The fourth-order valence-corrected chi connectivity index (χ4v) is 3.49. The number of hydrogen-bond acceptors (Lipinski definition) is 4. The lowest BCUT2D eigenvalue weighted by molar-refractivity contribution is -0.139. The first-order valence-electron chi connectivity index (χ1n) is 10.4. The number of guanidine groups is 1. The molecular formula is C21H33N5O2. The van der Waals surface area contributed by atoms with Gasteiger partial charge in [-0.2, -0.15) is 0 Å². The molecule has 3 N–H and O–H groups in total. The fourth-order valence-electron chi connectivity index (χ4n) is 3.49. The standard InChI is InChI=1S/C21H33N5O2/c1-16(2)28-19-8-6-18(7-9-19)24-21(22)23-10-11-25-12-14-26(15-13-25)20(27)17-4-3-5-17/h6-9,16-17H,3-5,10-15H2,1-2H3,(H3,22,23,24). The third-order valence-corrected chi connectivity index (χ3v) is 5.34. The van der Waals surface area contributed by atoms with Gasteiger partial charge in [0.05, 0.1) is 12.6 Å². The Hall–Kier alpha value is -2.28. The van der Waals surface area contributed by atoms with Crippen LogP contribution in [0.4, 0.5) is 5.69 Å². The van der Waals surface area contributed by atoms with Crippen LogP contribution < -0.4 is 15.8 Å². The molecule has 0 spiro atoms. The van der Waals surface area contributed by atoms with E-state index < -0.39 is 0 Å². The molecule has 0 unspecified atom stereocenters. The molecule has 1 heterocycles. The van der Waals surface area contributed by atoms with Crippen LogP contribution in [-0.4, -0.2) is 67.0 Å². The van der Waals surface area contributed by atoms with E-state index in [0.29, 0.717) is 24.3 Å². The second kappa shape index (κ2) is 9.78. The number of nitrogens with zero attached hydrogens (tertiary/aromatic N) is 3. The summed E-state index contributed by atoms with van der Waals surface area (Å²) in [4.78, 5) is 21.1. The molecular weight excluding hydrogens is 354 g/mol. The number of ether oxygens (including phenoxy) is 1. The van der Waals surface area contributed by atoms with Crippen molar-refractivity contribution in [3.63, 3.8) is 0 Å². The number of anilines is 1. The molecule has 0 bridgehead atoms. The minimum Gasteiger partial charge on any atom is -0.491 e. The second-order valence-corrected chi connectivity index (χ2v) is 7.88. The molecule has 1 aromatic carbocycles. The summed E-state index contributed by atoms with van der Waals surface area (Å²) < 4.78 is 5.63. The van der Waals surface area contributed by atoms with E-state index in [2.05, 4.69) is 15.2 Å². The van der Waals surface area contributed by atoms with Crippen molar-refractivity contribution in [2.75, 3.05) is 44.6 Å². The number of amides is 1. The Morgan fingerprint density at radius 3 is 2.46 bits per heavy atom. The summed E-state index contributed by atoms with van der Waals surface area (Å²) in [5, 5.41) is 3.11. The Kier molecular flexibility index (Phi) is 7.14. The smallest absolute Gasteiger partial charge is 0.225 e. The van der Waals surface area contributed by atoms with E-state index in [1.165, 1.54) is 6.42 Å². The molecule has 2 aliphatic rings. The van der Waals surface area contributed by atoms with Gasteiger partial charge in [-0.3, -0.25) is 14.7 Å². The number of benzene rings is 1. The second-order valence-electron chi connectivity index (χ2n) is 7.88. The van der Waals surface area contributed by atoms with Gasteiger partial charge < -0.3 is 20.7 Å². The highest BCUT2D eigenvalue weighted by atomic mass is 16.5. The Morgan fingerprint density at radius 1 is 1.21 bits per heavy atom. The number of nitrogens with one attached hydrogen (secondary N) is 1. The lowest BCUT2D eigenvalue weighted by atomic mass is 9.84. The maximum Gasteiger partial charge on any atom is 0.225 e. The van der Waals surface area contributed by atoms with Crippen LogP contribution >= 0.6 is 0 Å². The van der Waals surface area contributed by atoms with Gasteiger partial charge in [0.1, 0.15) is 5.75 Å². The van der Waals surface area contributed by atoms with Crippen LogP contribution in [0, 0.1) is 5.92 Å². The van der Waals surface area contributed by atoms with Gasteiger partial charge in [0.2, 0.25) is 5.91 Å². The van der Waals surface area contributed by atoms with Crippen LogP contribution in [0.1, 0.15) is 33.1 Å². The van der Waals surface area contributed by atoms with Crippen molar-refractivity contribution in [3.8, 4) is 5.75 Å². The number of nitrogens with two attached hydrogens (primary N) is 1. The van der Waals surface area contributed by atoms with Gasteiger partial charge in [-0.25, -0.2) is 0 Å². The maximum atomic E-state index is 12.3. The number of piperazine rings is 1. The predicted octanol–water partition coefficient (Wildman–Crippen LogP) is 2.14. The third-order valence-electron chi connectivity index (χ3n) is 5.34. The minimum absolute atomic E-state index is 0.156. The van der Waals surface area contributed by atoms with Crippen LogP contribution in [-0.2, 0) is 4.79 Å². The van der Waals surface area contributed by atoms with Gasteiger partial charge in [-0.05, 0) is 51.0 Å². The van der Waals surface area contributed by atoms with Gasteiger partial charge in [-0.15, -0.1) is 0 Å². The Bertz CT molecular complexity index is 662. The molecule has 1 aromatic rings. The summed E-state index contributed by atoms with van der Waals surface area (Å²) in [7, 11) is 0. The van der Waals surface area contributed by atoms with Crippen LogP contribution in [0.15, 0.2) is 29.3 Å². The van der Waals surface area contributed by atoms with E-state index in [4.69, 9.17) is 10.5 Å². The number of rotatable bonds is 7. The molecule has 3 rings (SSSR count). The van der Waals surface area contributed by atoms with Crippen LogP contribution in [0.5, 0.6) is 5.75 Å². The summed E-state index contributed by atoms with van der Waals surface area (Å²) in [5.74, 6) is 1.91. The number of aliphatic imine (C=N–C) groups is 1. The molecule has 0 radical (unpaired) electrons. The minimum atomic E-state index is 0.156. The normalized spacial score (nSPS) is 18.8. The van der Waals surface area contributed by atoms with Crippen molar-refractivity contribution in [3.05, 3.63) is 24.3 Å². The Morgan fingerprint density at radius 2 is 1.89 bits per heavy atom. The average molecular weight is 388 g/mol. The van der Waals surface area contributed by atoms with E-state index in [0.717, 1.165) is 57.0 Å². The zero-order valence-corrected chi connectivity index (χ0v) is 17.1. The Balaban J connectivity index is 1.35. The topological polar surface area (TPSA) is 83.2 Å². The molecule has 1 saturated heterocycles. The quantitative estimate of drug-likeness (QED) is 0.553. The average Bonchev–Trinajstić information content (AvgIpc) is 2.62. The first-order valence-corrected chi connectivity index (χ1v) is 10.4. The summed E-state index contributed by atoms with van der Waals surface area (Å²) in [6.07, 6.45) is 3.52. The van der Waals surface area contributed by atoms with Crippen molar-refractivity contribution in [2.24, 2.45) is 16.6 Å². The van der Waals surface area contributed by atoms with Gasteiger partial charge in [0.15, 0.2) is 5.96 Å². The van der Waals surface area contributed by atoms with Gasteiger partial charge in [-0.1, -0.05) is 6.42 Å². The fraction of sp³-hybridized carbons (Fsp3) is 0.619. The summed E-state index contributed by atoms with van der Waals surface area (Å²) in [5.41, 5.74) is 6.88. The van der Waals surface area contributed by atoms with E-state index in [-0.39, 0.29) is 6.10 Å². The molecule has 7 heteroatoms. The van der Waals surface area contributed by atoms with E-state index >= 15 is 0 Å². The zero-order chi connectivity index (χ0) is 19.9. The molecule has 0 aromatic heterocycles. The van der Waals surface area contributed by atoms with Crippen LogP contribution in [0.2, 0.25) is 0 Å². The van der Waals surface area contributed by atoms with E-state index in [1.54, 1.807) is 0 Å². The first kappa shape index (κ1) is 20.5. The highest BCUT2D eigenvalue weighted by Gasteiger charge is 2.30. The summed E-state index contributed by atoms with van der Waals surface area (Å²) in [6, 6.07) is 7.69. The highest BCUT2D eigenvalue weighted by Crippen LogP contribution is 2.28. The Labute approximate surface area is 167 Å². The lowest BCUT2D eigenvalue weighted by Gasteiger charge is -2.38. The highest BCUT2D eigenvalue weighted by molar-refractivity contribution is 5.92. The molecule has 2 fully saturated rings. The largest absolute Gasteiger partial charge is 0.491 e. The number of carbonyl (C=O) groups is 1. The van der Waals surface area contributed by atoms with Crippen molar-refractivity contribution in [1.82, 2.24) is 9.80 Å². The zero-order valence-electron chi connectivity index (χ0n) is 17.1. The number of carbonyl (C=O) groups excluding carboxylic acids is 1. The maximum absolute atomic E-state index is 12.3. The SMILES string of the molecule is CC(C)Oc1ccc(NC(N)=NCCN2CCN(C(=O)C3CCC3)CC2)cc1. The number of hydrogen-bond donors (Lipinski definition) is 2.